The first-order valence-corrected chi connectivity index (χ1v) is 9.31. The lowest BCUT2D eigenvalue weighted by Crippen LogP contribution is -2.56. The average molecular weight is 390 g/mol. The third-order valence-corrected chi connectivity index (χ3v) is 4.83. The Labute approximate surface area is 164 Å². The number of aromatic nitrogens is 1. The second-order valence-electron chi connectivity index (χ2n) is 8.13. The Balaban J connectivity index is 1.93. The number of carbonyl (C=O) groups is 1. The van der Waals surface area contributed by atoms with Crippen molar-refractivity contribution in [1.29, 1.82) is 0 Å². The molecule has 1 aromatic heterocycles. The van der Waals surface area contributed by atoms with Gasteiger partial charge in [-0.3, -0.25) is 15.1 Å². The van der Waals surface area contributed by atoms with E-state index in [4.69, 9.17) is 9.47 Å². The highest BCUT2D eigenvalue weighted by Crippen LogP contribution is 2.39. The first-order chi connectivity index (χ1) is 13.1. The molecule has 9 heteroatoms. The van der Waals surface area contributed by atoms with E-state index in [1.165, 1.54) is 17.3 Å². The van der Waals surface area contributed by atoms with Crippen molar-refractivity contribution in [1.82, 2.24) is 9.88 Å². The number of amides is 1. The van der Waals surface area contributed by atoms with Crippen molar-refractivity contribution < 1.29 is 19.2 Å². The number of ether oxygens (including phenoxy) is 2. The summed E-state index contributed by atoms with van der Waals surface area (Å²) in [5.41, 5.74) is -0.205. The Morgan fingerprint density at radius 3 is 2.75 bits per heavy atom. The smallest absolute Gasteiger partial charge is 0.417 e. The molecule has 3 atom stereocenters. The zero-order valence-electron chi connectivity index (χ0n) is 16.8. The molecule has 2 aliphatic rings. The molecule has 3 heterocycles. The minimum Gasteiger partial charge on any atom is -0.473 e. The van der Waals surface area contributed by atoms with Gasteiger partial charge in [0.05, 0.1) is 11.0 Å². The number of fused-ring (bicyclic) bond motifs is 1. The van der Waals surface area contributed by atoms with Crippen molar-refractivity contribution >= 4 is 17.5 Å². The van der Waals surface area contributed by atoms with E-state index < -0.39 is 16.6 Å². The molecule has 2 saturated heterocycles. The quantitative estimate of drug-likeness (QED) is 0.564. The van der Waals surface area contributed by atoms with Gasteiger partial charge in [-0.2, -0.15) is 0 Å². The molecule has 152 valence electrons. The molecular formula is C19H26N4O5. The standard InChI is InChI=1S/C19H26N4O5/c1-6-16-22(18(24)28-19(3,4)5)15-11-21(10-12(2)17(15)27-16)13-7-8-20-9-14(13)23(25)26/h6-9,12,15,17H,10-11H2,1-5H3/t12-,15-,17+/m1/s1. The van der Waals surface area contributed by atoms with E-state index in [0.717, 1.165) is 0 Å². The molecular weight excluding hydrogens is 364 g/mol. The first-order valence-electron chi connectivity index (χ1n) is 9.31. The molecule has 3 rings (SSSR count). The number of piperidine rings is 1. The van der Waals surface area contributed by atoms with Gasteiger partial charge in [-0.25, -0.2) is 9.69 Å². The topological polar surface area (TPSA) is 98.0 Å². The summed E-state index contributed by atoms with van der Waals surface area (Å²) in [6.07, 6.45) is 3.85. The molecule has 2 fully saturated rings. The fourth-order valence-electron chi connectivity index (χ4n) is 3.75. The number of anilines is 1. The van der Waals surface area contributed by atoms with Gasteiger partial charge in [-0.15, -0.1) is 0 Å². The van der Waals surface area contributed by atoms with Crippen molar-refractivity contribution in [3.8, 4) is 0 Å². The number of allylic oxidation sites excluding steroid dienone is 1. The molecule has 1 amide bonds. The van der Waals surface area contributed by atoms with Gasteiger partial charge in [0, 0.05) is 25.2 Å². The summed E-state index contributed by atoms with van der Waals surface area (Å²) in [5, 5.41) is 11.4. The number of hydrogen-bond acceptors (Lipinski definition) is 7. The van der Waals surface area contributed by atoms with Crippen molar-refractivity contribution in [2.75, 3.05) is 18.0 Å². The molecule has 1 aromatic rings. The largest absolute Gasteiger partial charge is 0.473 e. The highest BCUT2D eigenvalue weighted by atomic mass is 16.6. The summed E-state index contributed by atoms with van der Waals surface area (Å²) in [6, 6.07) is 1.33. The van der Waals surface area contributed by atoms with Crippen LogP contribution in [-0.4, -0.2) is 51.7 Å². The number of carbonyl (C=O) groups excluding carboxylic acids is 1. The van der Waals surface area contributed by atoms with Gasteiger partial charge in [0.2, 0.25) is 0 Å². The summed E-state index contributed by atoms with van der Waals surface area (Å²) < 4.78 is 11.6. The van der Waals surface area contributed by atoms with Crippen LogP contribution in [0.1, 0.15) is 34.6 Å². The monoisotopic (exact) mass is 390 g/mol. The lowest BCUT2D eigenvalue weighted by molar-refractivity contribution is -0.384. The van der Waals surface area contributed by atoms with E-state index in [1.807, 2.05) is 32.6 Å². The average Bonchev–Trinajstić information content (AvgIpc) is 2.99. The summed E-state index contributed by atoms with van der Waals surface area (Å²) in [4.78, 5) is 31.2. The van der Waals surface area contributed by atoms with E-state index in [2.05, 4.69) is 4.98 Å². The maximum Gasteiger partial charge on any atom is 0.417 e. The predicted molar refractivity (Wildman–Crippen MR) is 103 cm³/mol. The minimum absolute atomic E-state index is 0.0499. The normalized spacial score (nSPS) is 26.0. The summed E-state index contributed by atoms with van der Waals surface area (Å²) in [7, 11) is 0. The number of nitrogens with zero attached hydrogens (tertiary/aromatic N) is 4. The summed E-state index contributed by atoms with van der Waals surface area (Å²) >= 11 is 0. The van der Waals surface area contributed by atoms with Gasteiger partial charge < -0.3 is 14.4 Å². The summed E-state index contributed by atoms with van der Waals surface area (Å²) in [5.74, 6) is 0.510. The zero-order valence-corrected chi connectivity index (χ0v) is 16.8. The Morgan fingerprint density at radius 2 is 2.14 bits per heavy atom. The lowest BCUT2D eigenvalue weighted by Gasteiger charge is -2.40. The molecule has 0 bridgehead atoms. The van der Waals surface area contributed by atoms with Gasteiger partial charge in [0.25, 0.3) is 0 Å². The van der Waals surface area contributed by atoms with Crippen LogP contribution in [0.25, 0.3) is 0 Å². The molecule has 0 saturated carbocycles. The van der Waals surface area contributed by atoms with Crippen LogP contribution in [0.4, 0.5) is 16.2 Å². The molecule has 28 heavy (non-hydrogen) atoms. The molecule has 0 aromatic carbocycles. The maximum absolute atomic E-state index is 12.9. The van der Waals surface area contributed by atoms with Crippen LogP contribution in [0.5, 0.6) is 0 Å². The first kappa shape index (κ1) is 19.9. The second kappa shape index (κ2) is 7.29. The second-order valence-corrected chi connectivity index (χ2v) is 8.13. The molecule has 0 aliphatic carbocycles. The zero-order chi connectivity index (χ0) is 20.6. The van der Waals surface area contributed by atoms with Crippen LogP contribution in [0.15, 0.2) is 30.4 Å². The van der Waals surface area contributed by atoms with Crippen molar-refractivity contribution in [2.45, 2.75) is 52.4 Å². The fourth-order valence-corrected chi connectivity index (χ4v) is 3.75. The highest BCUT2D eigenvalue weighted by molar-refractivity contribution is 5.72. The van der Waals surface area contributed by atoms with E-state index >= 15 is 0 Å². The van der Waals surface area contributed by atoms with Crippen LogP contribution < -0.4 is 4.90 Å². The van der Waals surface area contributed by atoms with Gasteiger partial charge in [-0.1, -0.05) is 6.92 Å². The summed E-state index contributed by atoms with van der Waals surface area (Å²) in [6.45, 7) is 10.2. The van der Waals surface area contributed by atoms with E-state index in [-0.39, 0.29) is 23.8 Å². The van der Waals surface area contributed by atoms with E-state index in [9.17, 15) is 14.9 Å². The number of rotatable bonds is 2. The molecule has 0 N–H and O–H groups in total. The molecule has 2 aliphatic heterocycles. The number of nitro groups is 1. The van der Waals surface area contributed by atoms with Gasteiger partial charge in [0.15, 0.2) is 5.88 Å². The van der Waals surface area contributed by atoms with Crippen molar-refractivity contribution in [3.05, 3.63) is 40.5 Å². The third kappa shape index (κ3) is 3.74. The Hall–Kier alpha value is -2.84. The SMILES string of the molecule is CC=C1O[C@H]2[C@H](C)CN(c3ccncc3[N+](=O)[O-])C[C@H]2N1C(=O)OC(C)(C)C. The fraction of sp³-hybridized carbons (Fsp3) is 0.579. The van der Waals surface area contributed by atoms with Crippen molar-refractivity contribution in [3.63, 3.8) is 0 Å². The van der Waals surface area contributed by atoms with Crippen molar-refractivity contribution in [2.24, 2.45) is 5.92 Å². The molecule has 0 radical (unpaired) electrons. The Kier molecular flexibility index (Phi) is 5.18. The highest BCUT2D eigenvalue weighted by Gasteiger charge is 2.50. The number of pyridine rings is 1. The maximum atomic E-state index is 12.9. The van der Waals surface area contributed by atoms with Crippen LogP contribution in [0.2, 0.25) is 0 Å². The Bertz CT molecular complexity index is 804. The van der Waals surface area contributed by atoms with Crippen LogP contribution in [0, 0.1) is 16.0 Å². The van der Waals surface area contributed by atoms with Crippen LogP contribution in [-0.2, 0) is 9.47 Å². The molecule has 0 unspecified atom stereocenters. The minimum atomic E-state index is -0.641. The lowest BCUT2D eigenvalue weighted by atomic mass is 9.92. The Morgan fingerprint density at radius 1 is 1.43 bits per heavy atom. The molecule has 9 nitrogen and oxygen atoms in total. The van der Waals surface area contributed by atoms with Gasteiger partial charge in [0.1, 0.15) is 23.6 Å². The molecule has 0 spiro atoms. The van der Waals surface area contributed by atoms with Gasteiger partial charge in [-0.05, 0) is 39.8 Å². The van der Waals surface area contributed by atoms with E-state index in [0.29, 0.717) is 24.7 Å². The number of hydrogen-bond donors (Lipinski definition) is 0. The van der Waals surface area contributed by atoms with Crippen LogP contribution >= 0.6 is 0 Å². The van der Waals surface area contributed by atoms with Crippen LogP contribution in [0.3, 0.4) is 0 Å². The predicted octanol–water partition coefficient (Wildman–Crippen LogP) is 3.31. The third-order valence-electron chi connectivity index (χ3n) is 4.83. The van der Waals surface area contributed by atoms with Gasteiger partial charge >= 0.3 is 11.8 Å². The van der Waals surface area contributed by atoms with E-state index in [1.54, 1.807) is 19.1 Å².